The van der Waals surface area contributed by atoms with E-state index in [0.29, 0.717) is 23.7 Å². The minimum absolute atomic E-state index is 0.675. The molecule has 4 aliphatic carbocycles. The Morgan fingerprint density at radius 1 is 0.278 bits per heavy atom. The van der Waals surface area contributed by atoms with Crippen LogP contribution in [-0.2, 0) is 0 Å². The fourth-order valence-electron chi connectivity index (χ4n) is 15.3. The first kappa shape index (κ1) is 48.8. The first-order valence-electron chi connectivity index (χ1n) is 30.7. The van der Waals surface area contributed by atoms with Crippen LogP contribution in [0.2, 0.25) is 0 Å². The molecule has 2 heterocycles. The van der Waals surface area contributed by atoms with Gasteiger partial charge in [0.2, 0.25) is 0 Å². The molecular weight excluding hydrogens is 961 g/mol. The van der Waals surface area contributed by atoms with E-state index in [1.165, 1.54) is 184 Å². The lowest BCUT2D eigenvalue weighted by Gasteiger charge is -2.28. The van der Waals surface area contributed by atoms with Crippen molar-refractivity contribution >= 4 is 99.5 Å². The van der Waals surface area contributed by atoms with Crippen LogP contribution in [0.15, 0.2) is 173 Å². The van der Waals surface area contributed by atoms with E-state index >= 15 is 0 Å². The van der Waals surface area contributed by atoms with Gasteiger partial charge in [0.05, 0.1) is 0 Å². The van der Waals surface area contributed by atoms with E-state index in [1.807, 2.05) is 0 Å². The van der Waals surface area contributed by atoms with Crippen molar-refractivity contribution in [2.45, 2.75) is 159 Å². The minimum Gasteiger partial charge on any atom is -0.456 e. The number of hydrogen-bond donors (Lipinski definition) is 0. The molecule has 11 aromatic rings. The second-order valence-electron chi connectivity index (χ2n) is 24.6. The standard InChI is InChI=1S/C75H74N2O2/c1-49-74-70(68-44-58-30-40-66(42-60(58)46-72(68)78-74)76(62-32-22-54(23-33-62)50-14-6-2-7-15-50)63-34-24-55(25-35-63)51-16-8-3-9-17-51)48-71-69-45-59-31-41-67(43-61(59)47-73(69)79-75(49)71)77(64-36-26-56(27-37-64)52-18-10-4-11-19-52)65-38-28-57(29-39-65)53-20-12-5-13-21-53/h22-48,50-53H,2-21H2,1H3. The minimum atomic E-state index is 0.675. The molecule has 2 aromatic heterocycles. The quantitative estimate of drug-likeness (QED) is 0.137. The summed E-state index contributed by atoms with van der Waals surface area (Å²) in [4.78, 5) is 4.90. The maximum atomic E-state index is 6.91. The highest BCUT2D eigenvalue weighted by Crippen LogP contribution is 2.46. The third kappa shape index (κ3) is 9.18. The van der Waals surface area contributed by atoms with E-state index in [-0.39, 0.29) is 0 Å². The predicted octanol–water partition coefficient (Wildman–Crippen LogP) is 23.2. The average molecular weight is 1040 g/mol. The molecule has 0 saturated heterocycles. The van der Waals surface area contributed by atoms with Crippen LogP contribution in [0.4, 0.5) is 34.1 Å². The van der Waals surface area contributed by atoms with Crippen molar-refractivity contribution in [3.8, 4) is 0 Å². The van der Waals surface area contributed by atoms with Gasteiger partial charge in [-0.1, -0.05) is 138 Å². The number of hydrogen-bond acceptors (Lipinski definition) is 4. The molecule has 4 aliphatic rings. The summed E-state index contributed by atoms with van der Waals surface area (Å²) in [6.45, 7) is 2.17. The second kappa shape index (κ2) is 20.7. The van der Waals surface area contributed by atoms with Gasteiger partial charge in [-0.3, -0.25) is 0 Å². The van der Waals surface area contributed by atoms with E-state index < -0.39 is 0 Å². The number of fused-ring (bicyclic) bond motifs is 8. The van der Waals surface area contributed by atoms with Gasteiger partial charge in [0.25, 0.3) is 0 Å². The molecule has 9 aromatic carbocycles. The highest BCUT2D eigenvalue weighted by atomic mass is 16.3. The molecule has 15 rings (SSSR count). The Kier molecular flexibility index (Phi) is 12.8. The lowest BCUT2D eigenvalue weighted by atomic mass is 9.84. The van der Waals surface area contributed by atoms with Crippen LogP contribution in [0.3, 0.4) is 0 Å². The molecule has 0 spiro atoms. The van der Waals surface area contributed by atoms with E-state index in [4.69, 9.17) is 8.83 Å². The summed E-state index contributed by atoms with van der Waals surface area (Å²) in [6, 6.07) is 63.5. The molecule has 4 saturated carbocycles. The maximum Gasteiger partial charge on any atom is 0.142 e. The molecule has 79 heavy (non-hydrogen) atoms. The van der Waals surface area contributed by atoms with Crippen molar-refractivity contribution in [2.24, 2.45) is 0 Å². The Hall–Kier alpha value is -7.30. The Labute approximate surface area is 466 Å². The van der Waals surface area contributed by atoms with Gasteiger partial charge in [0, 0.05) is 61.2 Å². The molecule has 0 amide bonds. The number of rotatable bonds is 10. The molecule has 0 aliphatic heterocycles. The molecule has 396 valence electrons. The lowest BCUT2D eigenvalue weighted by molar-refractivity contribution is 0.443. The zero-order chi connectivity index (χ0) is 52.4. The van der Waals surface area contributed by atoms with Gasteiger partial charge >= 0.3 is 0 Å². The SMILES string of the molecule is Cc1c2oc3cc4cc(N(c5ccc(C6CCCCC6)cc5)c5ccc(C6CCCCC6)cc5)ccc4cc3c2cc2c1oc1cc3cc(N(c4ccc(C5CCCCC5)cc4)c4ccc(C5CCCCC5)cc4)ccc3cc12. The Bertz CT molecular complexity index is 3610. The highest BCUT2D eigenvalue weighted by Gasteiger charge is 2.24. The molecule has 0 radical (unpaired) electrons. The van der Waals surface area contributed by atoms with Crippen LogP contribution >= 0.6 is 0 Å². The van der Waals surface area contributed by atoms with Gasteiger partial charge < -0.3 is 18.6 Å². The smallest absolute Gasteiger partial charge is 0.142 e. The fourth-order valence-corrected chi connectivity index (χ4v) is 15.3. The van der Waals surface area contributed by atoms with Crippen molar-refractivity contribution < 1.29 is 8.83 Å². The molecule has 0 N–H and O–H groups in total. The molecule has 0 atom stereocenters. The number of nitrogens with zero attached hydrogens (tertiary/aromatic N) is 2. The third-order valence-electron chi connectivity index (χ3n) is 19.7. The third-order valence-corrected chi connectivity index (χ3v) is 19.7. The summed E-state index contributed by atoms with van der Waals surface area (Å²) < 4.78 is 13.8. The Morgan fingerprint density at radius 2 is 0.570 bits per heavy atom. The monoisotopic (exact) mass is 1030 g/mol. The van der Waals surface area contributed by atoms with E-state index in [1.54, 1.807) is 0 Å². The molecule has 4 heteroatoms. The van der Waals surface area contributed by atoms with E-state index in [2.05, 4.69) is 181 Å². The normalized spacial score (nSPS) is 17.5. The first-order valence-corrected chi connectivity index (χ1v) is 30.7. The van der Waals surface area contributed by atoms with Crippen LogP contribution in [0.1, 0.15) is 180 Å². The molecule has 0 unspecified atom stereocenters. The lowest BCUT2D eigenvalue weighted by Crippen LogP contribution is -2.11. The van der Waals surface area contributed by atoms with Gasteiger partial charge in [0.15, 0.2) is 0 Å². The van der Waals surface area contributed by atoms with Crippen LogP contribution in [0, 0.1) is 6.92 Å². The van der Waals surface area contributed by atoms with Gasteiger partial charge in [-0.2, -0.15) is 0 Å². The van der Waals surface area contributed by atoms with Gasteiger partial charge in [-0.15, -0.1) is 0 Å². The largest absolute Gasteiger partial charge is 0.456 e. The van der Waals surface area contributed by atoms with Crippen molar-refractivity contribution in [1.29, 1.82) is 0 Å². The summed E-state index contributed by atoms with van der Waals surface area (Å²) in [6.07, 6.45) is 26.7. The van der Waals surface area contributed by atoms with Crippen LogP contribution < -0.4 is 9.80 Å². The summed E-state index contributed by atoms with van der Waals surface area (Å²) in [5.41, 5.74) is 17.6. The summed E-state index contributed by atoms with van der Waals surface area (Å²) >= 11 is 0. The second-order valence-corrected chi connectivity index (χ2v) is 24.6. The van der Waals surface area contributed by atoms with Gasteiger partial charge in [-0.05, 0) is 229 Å². The van der Waals surface area contributed by atoms with Crippen molar-refractivity contribution in [2.75, 3.05) is 9.80 Å². The van der Waals surface area contributed by atoms with Crippen LogP contribution in [-0.4, -0.2) is 0 Å². The van der Waals surface area contributed by atoms with Crippen LogP contribution in [0.5, 0.6) is 0 Å². The van der Waals surface area contributed by atoms with Gasteiger partial charge in [-0.25, -0.2) is 0 Å². The average Bonchev–Trinajstić information content (AvgIpc) is 4.25. The number of benzene rings is 9. The number of furan rings is 2. The van der Waals surface area contributed by atoms with E-state index in [9.17, 15) is 0 Å². The van der Waals surface area contributed by atoms with E-state index in [0.717, 1.165) is 71.6 Å². The summed E-state index contributed by atoms with van der Waals surface area (Å²) in [5, 5.41) is 9.24. The Morgan fingerprint density at radius 3 is 0.873 bits per heavy atom. The predicted molar refractivity (Wildman–Crippen MR) is 333 cm³/mol. The van der Waals surface area contributed by atoms with Crippen molar-refractivity contribution in [3.05, 3.63) is 192 Å². The first-order chi connectivity index (χ1) is 39.0. The topological polar surface area (TPSA) is 32.8 Å². The van der Waals surface area contributed by atoms with Gasteiger partial charge in [0.1, 0.15) is 22.3 Å². The molecule has 4 nitrogen and oxygen atoms in total. The highest BCUT2D eigenvalue weighted by molar-refractivity contribution is 6.20. The molecule has 4 fully saturated rings. The summed E-state index contributed by atoms with van der Waals surface area (Å²) in [5.74, 6) is 2.70. The molecular formula is C75H74N2O2. The summed E-state index contributed by atoms with van der Waals surface area (Å²) in [7, 11) is 0. The number of anilines is 6. The Balaban J connectivity index is 0.777. The zero-order valence-corrected chi connectivity index (χ0v) is 46.3. The fraction of sp³-hybridized carbons (Fsp3) is 0.333. The van der Waals surface area contributed by atoms with Crippen molar-refractivity contribution in [3.63, 3.8) is 0 Å². The maximum absolute atomic E-state index is 6.91. The zero-order valence-electron chi connectivity index (χ0n) is 46.3. The molecule has 0 bridgehead atoms. The van der Waals surface area contributed by atoms with Crippen molar-refractivity contribution in [1.82, 2.24) is 0 Å². The van der Waals surface area contributed by atoms with Crippen LogP contribution in [0.25, 0.3) is 65.4 Å². The number of aryl methyl sites for hydroxylation is 1.